The lowest BCUT2D eigenvalue weighted by atomic mass is 10.1. The zero-order chi connectivity index (χ0) is 17.6. The van der Waals surface area contributed by atoms with Crippen LogP contribution in [0.15, 0.2) is 66.7 Å². The Balaban J connectivity index is 1.71. The minimum atomic E-state index is -0.614. The number of anilines is 1. The third kappa shape index (κ3) is 4.17. The Labute approximate surface area is 147 Å². The zero-order valence-electron chi connectivity index (χ0n) is 14.4. The van der Waals surface area contributed by atoms with Crippen LogP contribution in [0.1, 0.15) is 12.5 Å². The molecule has 4 nitrogen and oxygen atoms in total. The standard InChI is InChI=1S/C21H21NO3/c1-15(21(23)22-18-10-5-7-16(13-18)14-24-2)25-20-12-6-9-17-8-3-4-11-19(17)20/h3-13,15H,14H2,1-2H3,(H,22,23)/t15-/m1/s1. The van der Waals surface area contributed by atoms with Crippen LogP contribution in [-0.4, -0.2) is 19.1 Å². The number of hydrogen-bond acceptors (Lipinski definition) is 3. The highest BCUT2D eigenvalue weighted by atomic mass is 16.5. The second-order valence-electron chi connectivity index (χ2n) is 5.86. The number of carbonyl (C=O) groups is 1. The first-order chi connectivity index (χ1) is 12.2. The first-order valence-electron chi connectivity index (χ1n) is 8.20. The van der Waals surface area contributed by atoms with Gasteiger partial charge < -0.3 is 14.8 Å². The van der Waals surface area contributed by atoms with Crippen LogP contribution in [0, 0.1) is 0 Å². The maximum Gasteiger partial charge on any atom is 0.265 e. The number of hydrogen-bond donors (Lipinski definition) is 1. The molecule has 0 saturated carbocycles. The predicted octanol–water partition coefficient (Wildman–Crippen LogP) is 4.39. The minimum Gasteiger partial charge on any atom is -0.480 e. The molecular weight excluding hydrogens is 314 g/mol. The number of ether oxygens (including phenoxy) is 2. The van der Waals surface area contributed by atoms with Crippen molar-refractivity contribution >= 4 is 22.4 Å². The van der Waals surface area contributed by atoms with Crippen molar-refractivity contribution in [3.63, 3.8) is 0 Å². The summed E-state index contributed by atoms with van der Waals surface area (Å²) < 4.78 is 11.0. The molecule has 0 aromatic heterocycles. The van der Waals surface area contributed by atoms with Gasteiger partial charge in [0.2, 0.25) is 0 Å². The van der Waals surface area contributed by atoms with Crippen molar-refractivity contribution in [1.82, 2.24) is 0 Å². The van der Waals surface area contributed by atoms with E-state index in [1.54, 1.807) is 14.0 Å². The van der Waals surface area contributed by atoms with Crippen LogP contribution in [0.25, 0.3) is 10.8 Å². The fraction of sp³-hybridized carbons (Fsp3) is 0.190. The number of nitrogens with one attached hydrogen (secondary N) is 1. The van der Waals surface area contributed by atoms with Gasteiger partial charge in [0.15, 0.2) is 6.10 Å². The molecule has 0 unspecified atom stereocenters. The van der Waals surface area contributed by atoms with E-state index < -0.39 is 6.10 Å². The van der Waals surface area contributed by atoms with E-state index in [-0.39, 0.29) is 5.91 Å². The van der Waals surface area contributed by atoms with Gasteiger partial charge in [0.1, 0.15) is 5.75 Å². The van der Waals surface area contributed by atoms with E-state index in [4.69, 9.17) is 9.47 Å². The van der Waals surface area contributed by atoms with Crippen LogP contribution >= 0.6 is 0 Å². The molecule has 0 heterocycles. The lowest BCUT2D eigenvalue weighted by Gasteiger charge is -2.16. The highest BCUT2D eigenvalue weighted by Gasteiger charge is 2.16. The van der Waals surface area contributed by atoms with Gasteiger partial charge in [-0.15, -0.1) is 0 Å². The molecule has 1 amide bonds. The molecule has 3 aromatic rings. The second kappa shape index (κ2) is 7.81. The van der Waals surface area contributed by atoms with E-state index in [1.165, 1.54) is 0 Å². The number of fused-ring (bicyclic) bond motifs is 1. The average Bonchev–Trinajstić information content (AvgIpc) is 2.62. The summed E-state index contributed by atoms with van der Waals surface area (Å²) >= 11 is 0. The Morgan fingerprint density at radius 2 is 1.80 bits per heavy atom. The van der Waals surface area contributed by atoms with Crippen molar-refractivity contribution in [1.29, 1.82) is 0 Å². The summed E-state index contributed by atoms with van der Waals surface area (Å²) in [5.74, 6) is 0.511. The number of benzene rings is 3. The second-order valence-corrected chi connectivity index (χ2v) is 5.86. The van der Waals surface area contributed by atoms with Crippen LogP contribution in [-0.2, 0) is 16.1 Å². The Kier molecular flexibility index (Phi) is 5.31. The number of rotatable bonds is 6. The van der Waals surface area contributed by atoms with Crippen molar-refractivity contribution in [3.8, 4) is 5.75 Å². The summed E-state index contributed by atoms with van der Waals surface area (Å²) in [5.41, 5.74) is 1.73. The van der Waals surface area contributed by atoms with Crippen molar-refractivity contribution in [2.75, 3.05) is 12.4 Å². The van der Waals surface area contributed by atoms with E-state index in [0.29, 0.717) is 12.4 Å². The molecule has 0 radical (unpaired) electrons. The molecule has 0 saturated heterocycles. The van der Waals surface area contributed by atoms with Crippen LogP contribution in [0.5, 0.6) is 5.75 Å². The van der Waals surface area contributed by atoms with Gasteiger partial charge in [-0.1, -0.05) is 48.5 Å². The van der Waals surface area contributed by atoms with Gasteiger partial charge >= 0.3 is 0 Å². The zero-order valence-corrected chi connectivity index (χ0v) is 14.4. The number of amides is 1. The lowest BCUT2D eigenvalue weighted by Crippen LogP contribution is -2.30. The van der Waals surface area contributed by atoms with Crippen molar-refractivity contribution in [2.24, 2.45) is 0 Å². The fourth-order valence-electron chi connectivity index (χ4n) is 2.69. The third-order valence-corrected chi connectivity index (χ3v) is 3.93. The van der Waals surface area contributed by atoms with Gasteiger partial charge in [0.05, 0.1) is 6.61 Å². The largest absolute Gasteiger partial charge is 0.480 e. The molecule has 0 spiro atoms. The summed E-state index contributed by atoms with van der Waals surface area (Å²) in [7, 11) is 1.64. The molecule has 0 bridgehead atoms. The smallest absolute Gasteiger partial charge is 0.265 e. The monoisotopic (exact) mass is 335 g/mol. The molecule has 128 valence electrons. The lowest BCUT2D eigenvalue weighted by molar-refractivity contribution is -0.122. The van der Waals surface area contributed by atoms with Gasteiger partial charge in [-0.25, -0.2) is 0 Å². The van der Waals surface area contributed by atoms with Crippen molar-refractivity contribution < 1.29 is 14.3 Å². The summed E-state index contributed by atoms with van der Waals surface area (Å²) in [4.78, 5) is 12.5. The van der Waals surface area contributed by atoms with E-state index in [2.05, 4.69) is 5.32 Å². The Morgan fingerprint density at radius 3 is 2.64 bits per heavy atom. The molecule has 1 atom stereocenters. The van der Waals surface area contributed by atoms with Gasteiger partial charge in [-0.05, 0) is 36.1 Å². The molecule has 0 aliphatic heterocycles. The van der Waals surface area contributed by atoms with Gasteiger partial charge in [0.25, 0.3) is 5.91 Å². The van der Waals surface area contributed by atoms with E-state index in [9.17, 15) is 4.79 Å². The Bertz CT molecular complexity index is 870. The fourth-order valence-corrected chi connectivity index (χ4v) is 2.69. The highest BCUT2D eigenvalue weighted by molar-refractivity contribution is 5.95. The first-order valence-corrected chi connectivity index (χ1v) is 8.20. The molecule has 3 rings (SSSR count). The molecule has 0 aliphatic rings. The molecule has 0 aliphatic carbocycles. The van der Waals surface area contributed by atoms with Gasteiger partial charge in [0, 0.05) is 18.2 Å². The molecule has 0 fully saturated rings. The van der Waals surface area contributed by atoms with E-state index in [0.717, 1.165) is 22.0 Å². The molecule has 1 N–H and O–H groups in total. The Hall–Kier alpha value is -2.85. The summed E-state index contributed by atoms with van der Waals surface area (Å²) in [6, 6.07) is 21.4. The number of carbonyl (C=O) groups excluding carboxylic acids is 1. The van der Waals surface area contributed by atoms with Gasteiger partial charge in [-0.3, -0.25) is 4.79 Å². The summed E-state index contributed by atoms with van der Waals surface area (Å²) in [6.07, 6.45) is -0.614. The summed E-state index contributed by atoms with van der Waals surface area (Å²) in [5, 5.41) is 4.96. The van der Waals surface area contributed by atoms with E-state index >= 15 is 0 Å². The maximum atomic E-state index is 12.5. The van der Waals surface area contributed by atoms with E-state index in [1.807, 2.05) is 66.7 Å². The SMILES string of the molecule is COCc1cccc(NC(=O)[C@@H](C)Oc2cccc3ccccc23)c1. The summed E-state index contributed by atoms with van der Waals surface area (Å²) in [6.45, 7) is 2.25. The quantitative estimate of drug-likeness (QED) is 0.726. The van der Waals surface area contributed by atoms with Gasteiger partial charge in [-0.2, -0.15) is 0 Å². The molecule has 25 heavy (non-hydrogen) atoms. The number of methoxy groups -OCH3 is 1. The first kappa shape index (κ1) is 17.0. The molecule has 4 heteroatoms. The Morgan fingerprint density at radius 1 is 1.04 bits per heavy atom. The third-order valence-electron chi connectivity index (χ3n) is 3.93. The normalized spacial score (nSPS) is 11.9. The maximum absolute atomic E-state index is 12.5. The van der Waals surface area contributed by atoms with Crippen molar-refractivity contribution in [2.45, 2.75) is 19.6 Å². The van der Waals surface area contributed by atoms with Crippen LogP contribution in [0.2, 0.25) is 0 Å². The minimum absolute atomic E-state index is 0.192. The van der Waals surface area contributed by atoms with Crippen molar-refractivity contribution in [3.05, 3.63) is 72.3 Å². The highest BCUT2D eigenvalue weighted by Crippen LogP contribution is 2.26. The van der Waals surface area contributed by atoms with Crippen LogP contribution < -0.4 is 10.1 Å². The molecule has 3 aromatic carbocycles. The van der Waals surface area contributed by atoms with Crippen LogP contribution in [0.4, 0.5) is 5.69 Å². The average molecular weight is 335 g/mol. The predicted molar refractivity (Wildman–Crippen MR) is 99.8 cm³/mol. The molecular formula is C21H21NO3. The van der Waals surface area contributed by atoms with Crippen LogP contribution in [0.3, 0.4) is 0 Å². The topological polar surface area (TPSA) is 47.6 Å².